The van der Waals surface area contributed by atoms with E-state index in [1.165, 1.54) is 0 Å². The minimum Gasteiger partial charge on any atom is -0.315 e. The number of alkyl halides is 1. The van der Waals surface area contributed by atoms with Gasteiger partial charge in [0.15, 0.2) is 6.17 Å². The maximum atomic E-state index is 14.8. The number of aliphatic imine (C=N–C) groups is 1. The fraction of sp³-hybridized carbons (Fsp3) is 0.600. The van der Waals surface area contributed by atoms with E-state index in [-0.39, 0.29) is 24.1 Å². The van der Waals surface area contributed by atoms with Gasteiger partial charge in [0, 0.05) is 49.3 Å². The smallest absolute Gasteiger partial charge is 0.229 e. The second kappa shape index (κ2) is 10.4. The maximum absolute atomic E-state index is 14.8. The lowest BCUT2D eigenvalue weighted by atomic mass is 9.82. The molecule has 37 heavy (non-hydrogen) atoms. The van der Waals surface area contributed by atoms with Gasteiger partial charge in [-0.1, -0.05) is 12.8 Å². The standard InChI is InChI=1S/C30H36F3N3O/c31-21-5-8-27-24(17-21)25(18-34-27)19-9-13-35(14-10-19)15-12-28-22-6-7-26(32)29(33)23(22)11-16-36(28)30(37)20-3-1-2-4-20/h5,17-20,26H,1-4,6-16H2. The van der Waals surface area contributed by atoms with Crippen LogP contribution in [-0.2, 0) is 4.79 Å². The van der Waals surface area contributed by atoms with Crippen molar-refractivity contribution >= 4 is 11.6 Å². The molecule has 6 aliphatic rings. The van der Waals surface area contributed by atoms with Gasteiger partial charge in [0.25, 0.3) is 0 Å². The van der Waals surface area contributed by atoms with Crippen molar-refractivity contribution in [2.75, 3.05) is 26.2 Å². The molecule has 2 fully saturated rings. The van der Waals surface area contributed by atoms with Crippen molar-refractivity contribution in [3.05, 3.63) is 58.0 Å². The zero-order chi connectivity index (χ0) is 25.5. The molecule has 0 N–H and O–H groups in total. The number of fused-ring (bicyclic) bond motifs is 2. The molecule has 0 aromatic carbocycles. The predicted octanol–water partition coefficient (Wildman–Crippen LogP) is 6.64. The summed E-state index contributed by atoms with van der Waals surface area (Å²) in [7, 11) is 0. The van der Waals surface area contributed by atoms with E-state index in [2.05, 4.69) is 9.89 Å². The molecule has 1 saturated heterocycles. The van der Waals surface area contributed by atoms with Crippen LogP contribution in [-0.4, -0.2) is 53.8 Å². The number of amides is 1. The highest BCUT2D eigenvalue weighted by atomic mass is 19.2. The highest BCUT2D eigenvalue weighted by Crippen LogP contribution is 2.42. The second-order valence-corrected chi connectivity index (χ2v) is 11.4. The van der Waals surface area contributed by atoms with Gasteiger partial charge in [0.1, 0.15) is 11.7 Å². The number of halogens is 3. The normalized spacial score (nSPS) is 27.6. The lowest BCUT2D eigenvalue weighted by Gasteiger charge is -2.39. The molecule has 0 aromatic heterocycles. The molecule has 3 heterocycles. The van der Waals surface area contributed by atoms with Crippen molar-refractivity contribution < 1.29 is 18.0 Å². The average molecular weight is 512 g/mol. The van der Waals surface area contributed by atoms with Crippen molar-refractivity contribution in [1.29, 1.82) is 0 Å². The van der Waals surface area contributed by atoms with Crippen molar-refractivity contribution in [3.8, 4) is 0 Å². The quantitative estimate of drug-likeness (QED) is 0.415. The van der Waals surface area contributed by atoms with Gasteiger partial charge in [0.2, 0.25) is 5.91 Å². The SMILES string of the molecule is O=C(C1CCCC1)N1CCC2=C(F)C(F)CCC2=C1CCN1CCC(C2=CN=C3CC=C(F)C=C23)CC1. The first kappa shape index (κ1) is 24.9. The van der Waals surface area contributed by atoms with E-state index in [0.717, 1.165) is 86.3 Å². The average Bonchev–Trinajstić information content (AvgIpc) is 3.60. The summed E-state index contributed by atoms with van der Waals surface area (Å²) in [5, 5.41) is 0. The third-order valence-electron chi connectivity index (χ3n) is 9.25. The first-order chi connectivity index (χ1) is 18.0. The summed E-state index contributed by atoms with van der Waals surface area (Å²) in [6.45, 7) is 3.11. The third-order valence-corrected chi connectivity index (χ3v) is 9.25. The predicted molar refractivity (Wildman–Crippen MR) is 139 cm³/mol. The molecule has 0 radical (unpaired) electrons. The Bertz CT molecular complexity index is 1150. The molecule has 3 aliphatic carbocycles. The van der Waals surface area contributed by atoms with Crippen LogP contribution in [0.5, 0.6) is 0 Å². The molecule has 4 nitrogen and oxygen atoms in total. The monoisotopic (exact) mass is 511 g/mol. The van der Waals surface area contributed by atoms with Crippen molar-refractivity contribution in [2.45, 2.75) is 76.8 Å². The number of hydrogen-bond acceptors (Lipinski definition) is 3. The Hall–Kier alpha value is -2.41. The summed E-state index contributed by atoms with van der Waals surface area (Å²) >= 11 is 0. The lowest BCUT2D eigenvalue weighted by Crippen LogP contribution is -2.41. The number of nitrogens with zero attached hydrogens (tertiary/aromatic N) is 3. The summed E-state index contributed by atoms with van der Waals surface area (Å²) in [4.78, 5) is 22.3. The van der Waals surface area contributed by atoms with E-state index in [9.17, 15) is 18.0 Å². The minimum absolute atomic E-state index is 0.0693. The topological polar surface area (TPSA) is 35.9 Å². The minimum atomic E-state index is -1.51. The number of likely N-dealkylation sites (tertiary alicyclic amines) is 1. The summed E-state index contributed by atoms with van der Waals surface area (Å²) in [6, 6.07) is 0. The largest absolute Gasteiger partial charge is 0.315 e. The fourth-order valence-electron chi connectivity index (χ4n) is 7.14. The fourth-order valence-corrected chi connectivity index (χ4v) is 7.14. The molecule has 0 aromatic rings. The Morgan fingerprint density at radius 3 is 2.57 bits per heavy atom. The Morgan fingerprint density at radius 1 is 1.00 bits per heavy atom. The van der Waals surface area contributed by atoms with Crippen molar-refractivity contribution in [1.82, 2.24) is 9.80 Å². The summed E-state index contributed by atoms with van der Waals surface area (Å²) in [6.07, 6.45) is 12.0. The van der Waals surface area contributed by atoms with Gasteiger partial charge in [-0.3, -0.25) is 9.79 Å². The van der Waals surface area contributed by atoms with Gasteiger partial charge < -0.3 is 9.80 Å². The van der Waals surface area contributed by atoms with E-state index >= 15 is 0 Å². The van der Waals surface area contributed by atoms with Gasteiger partial charge >= 0.3 is 0 Å². The Balaban J connectivity index is 1.14. The van der Waals surface area contributed by atoms with Gasteiger partial charge in [-0.25, -0.2) is 13.2 Å². The number of rotatable bonds is 5. The molecule has 198 valence electrons. The van der Waals surface area contributed by atoms with E-state index in [0.29, 0.717) is 43.7 Å². The molecule has 1 amide bonds. The Labute approximate surface area is 217 Å². The maximum Gasteiger partial charge on any atom is 0.229 e. The van der Waals surface area contributed by atoms with Gasteiger partial charge in [-0.05, 0) is 92.8 Å². The van der Waals surface area contributed by atoms with Crippen LogP contribution in [0.4, 0.5) is 13.2 Å². The summed E-state index contributed by atoms with van der Waals surface area (Å²) in [5.41, 5.74) is 5.45. The van der Waals surface area contributed by atoms with E-state index < -0.39 is 12.0 Å². The van der Waals surface area contributed by atoms with Gasteiger partial charge in [-0.15, -0.1) is 0 Å². The van der Waals surface area contributed by atoms with Crippen LogP contribution in [0, 0.1) is 11.8 Å². The zero-order valence-electron chi connectivity index (χ0n) is 21.5. The number of carbonyl (C=O) groups excluding carboxylic acids is 1. The summed E-state index contributed by atoms with van der Waals surface area (Å²) in [5.74, 6) is -0.159. The van der Waals surface area contributed by atoms with Crippen LogP contribution in [0.3, 0.4) is 0 Å². The molecule has 1 unspecified atom stereocenters. The van der Waals surface area contributed by atoms with Crippen LogP contribution in [0.2, 0.25) is 0 Å². The van der Waals surface area contributed by atoms with Crippen LogP contribution < -0.4 is 0 Å². The van der Waals surface area contributed by atoms with Gasteiger partial charge in [-0.2, -0.15) is 0 Å². The van der Waals surface area contributed by atoms with Crippen molar-refractivity contribution in [3.63, 3.8) is 0 Å². The number of piperidine rings is 1. The van der Waals surface area contributed by atoms with Crippen LogP contribution >= 0.6 is 0 Å². The zero-order valence-corrected chi connectivity index (χ0v) is 21.5. The first-order valence-electron chi connectivity index (χ1n) is 14.1. The summed E-state index contributed by atoms with van der Waals surface area (Å²) < 4.78 is 42.8. The molecular formula is C30H36F3N3O. The molecule has 1 saturated carbocycles. The van der Waals surface area contributed by atoms with Crippen LogP contribution in [0.15, 0.2) is 63.0 Å². The highest BCUT2D eigenvalue weighted by Gasteiger charge is 2.37. The Kier molecular flexibility index (Phi) is 6.99. The number of hydrogen-bond donors (Lipinski definition) is 0. The molecule has 0 spiro atoms. The number of carbonyl (C=O) groups is 1. The van der Waals surface area contributed by atoms with Crippen molar-refractivity contribution in [2.24, 2.45) is 16.8 Å². The third kappa shape index (κ3) is 4.80. The number of allylic oxidation sites excluding steroid dienone is 7. The van der Waals surface area contributed by atoms with E-state index in [1.54, 1.807) is 12.2 Å². The highest BCUT2D eigenvalue weighted by molar-refractivity contribution is 6.08. The molecule has 6 rings (SSSR count). The Morgan fingerprint density at radius 2 is 1.78 bits per heavy atom. The second-order valence-electron chi connectivity index (χ2n) is 11.4. The molecular weight excluding hydrogens is 475 g/mol. The molecule has 7 heteroatoms. The first-order valence-corrected chi connectivity index (χ1v) is 14.1. The molecule has 1 atom stereocenters. The lowest BCUT2D eigenvalue weighted by molar-refractivity contribution is -0.133. The van der Waals surface area contributed by atoms with E-state index in [4.69, 9.17) is 0 Å². The van der Waals surface area contributed by atoms with E-state index in [1.807, 2.05) is 11.1 Å². The van der Waals surface area contributed by atoms with Gasteiger partial charge in [0.05, 0.1) is 5.71 Å². The molecule has 3 aliphatic heterocycles. The molecule has 0 bridgehead atoms. The van der Waals surface area contributed by atoms with Crippen LogP contribution in [0.1, 0.15) is 70.6 Å². The van der Waals surface area contributed by atoms with Crippen LogP contribution in [0.25, 0.3) is 0 Å².